The Morgan fingerprint density at radius 3 is 2.35 bits per heavy atom. The third-order valence-electron chi connectivity index (χ3n) is 3.49. The van der Waals surface area contributed by atoms with Crippen LogP contribution in [0.3, 0.4) is 0 Å². The fraction of sp³-hybridized carbons (Fsp3) is 0.294. The summed E-state index contributed by atoms with van der Waals surface area (Å²) in [7, 11) is 3.35. The normalized spacial score (nSPS) is 11.9. The molecule has 0 saturated heterocycles. The summed E-state index contributed by atoms with van der Waals surface area (Å²) in [6, 6.07) is 16.2. The van der Waals surface area contributed by atoms with E-state index in [1.165, 1.54) is 5.56 Å². The molecule has 2 rings (SSSR count). The highest BCUT2D eigenvalue weighted by Crippen LogP contribution is 2.32. The predicted octanol–water partition coefficient (Wildman–Crippen LogP) is 2.99. The molecule has 0 spiro atoms. The van der Waals surface area contributed by atoms with E-state index in [2.05, 4.69) is 12.1 Å². The predicted molar refractivity (Wildman–Crippen MR) is 81.5 cm³/mol. The maximum Gasteiger partial charge on any atom is 0.122 e. The molecule has 2 N–H and O–H groups in total. The van der Waals surface area contributed by atoms with Gasteiger partial charge in [-0.15, -0.1) is 0 Å². The number of hydrogen-bond acceptors (Lipinski definition) is 3. The van der Waals surface area contributed by atoms with E-state index < -0.39 is 0 Å². The van der Waals surface area contributed by atoms with Gasteiger partial charge in [-0.2, -0.15) is 0 Å². The average Bonchev–Trinajstić information content (AvgIpc) is 2.53. The Morgan fingerprint density at radius 2 is 1.75 bits per heavy atom. The molecular weight excluding hydrogens is 250 g/mol. The van der Waals surface area contributed by atoms with E-state index in [9.17, 15) is 0 Å². The van der Waals surface area contributed by atoms with Gasteiger partial charge in [0.05, 0.1) is 14.2 Å². The van der Waals surface area contributed by atoms with Crippen molar-refractivity contribution in [2.45, 2.75) is 12.3 Å². The Morgan fingerprint density at radius 1 is 1.00 bits per heavy atom. The van der Waals surface area contributed by atoms with Crippen molar-refractivity contribution in [2.24, 2.45) is 5.73 Å². The Bertz CT molecular complexity index is 540. The summed E-state index contributed by atoms with van der Waals surface area (Å²) in [4.78, 5) is 0. The second-order valence-electron chi connectivity index (χ2n) is 4.73. The minimum absolute atomic E-state index is 0.211. The second kappa shape index (κ2) is 6.96. The van der Waals surface area contributed by atoms with Gasteiger partial charge in [-0.25, -0.2) is 0 Å². The van der Waals surface area contributed by atoms with Crippen LogP contribution in [0.4, 0.5) is 0 Å². The molecule has 0 saturated carbocycles. The molecule has 3 nitrogen and oxygen atoms in total. The number of methoxy groups -OCH3 is 2. The van der Waals surface area contributed by atoms with Crippen LogP contribution in [0.1, 0.15) is 17.0 Å². The SMILES string of the molecule is COc1ccc(OC)c(C(CN)Cc2ccccc2)c1. The van der Waals surface area contributed by atoms with Gasteiger partial charge in [-0.3, -0.25) is 0 Å². The van der Waals surface area contributed by atoms with Gasteiger partial charge in [0, 0.05) is 11.5 Å². The minimum Gasteiger partial charge on any atom is -0.497 e. The van der Waals surface area contributed by atoms with Gasteiger partial charge in [0.1, 0.15) is 11.5 Å². The number of ether oxygens (including phenoxy) is 2. The zero-order chi connectivity index (χ0) is 14.4. The molecule has 0 amide bonds. The topological polar surface area (TPSA) is 44.5 Å². The summed E-state index contributed by atoms with van der Waals surface area (Å²) in [6.07, 6.45) is 0.890. The van der Waals surface area contributed by atoms with Crippen LogP contribution < -0.4 is 15.2 Å². The van der Waals surface area contributed by atoms with Crippen molar-refractivity contribution in [2.75, 3.05) is 20.8 Å². The molecular formula is C17H21NO2. The number of benzene rings is 2. The largest absolute Gasteiger partial charge is 0.497 e. The first kappa shape index (κ1) is 14.4. The quantitative estimate of drug-likeness (QED) is 0.878. The molecule has 0 fully saturated rings. The summed E-state index contributed by atoms with van der Waals surface area (Å²) in [5.74, 6) is 1.90. The summed E-state index contributed by atoms with van der Waals surface area (Å²) >= 11 is 0. The van der Waals surface area contributed by atoms with E-state index in [-0.39, 0.29) is 5.92 Å². The third kappa shape index (κ3) is 3.31. The lowest BCUT2D eigenvalue weighted by Crippen LogP contribution is -2.16. The summed E-state index contributed by atoms with van der Waals surface area (Å²) in [5, 5.41) is 0. The van der Waals surface area contributed by atoms with Gasteiger partial charge < -0.3 is 15.2 Å². The molecule has 0 aromatic heterocycles. The van der Waals surface area contributed by atoms with Crippen molar-refractivity contribution in [1.29, 1.82) is 0 Å². The van der Waals surface area contributed by atoms with Gasteiger partial charge in [0.15, 0.2) is 0 Å². The molecule has 0 aliphatic heterocycles. The standard InChI is InChI=1S/C17H21NO2/c1-19-15-8-9-17(20-2)16(11-15)14(12-18)10-13-6-4-3-5-7-13/h3-9,11,14H,10,12,18H2,1-2H3. The molecule has 0 aliphatic carbocycles. The Labute approximate surface area is 120 Å². The van der Waals surface area contributed by atoms with Gasteiger partial charge in [-0.1, -0.05) is 30.3 Å². The first-order valence-corrected chi connectivity index (χ1v) is 6.74. The van der Waals surface area contributed by atoms with E-state index in [0.29, 0.717) is 6.54 Å². The monoisotopic (exact) mass is 271 g/mol. The maximum atomic E-state index is 5.97. The highest BCUT2D eigenvalue weighted by atomic mass is 16.5. The van der Waals surface area contributed by atoms with Gasteiger partial charge >= 0.3 is 0 Å². The number of rotatable bonds is 6. The smallest absolute Gasteiger partial charge is 0.122 e. The highest BCUT2D eigenvalue weighted by Gasteiger charge is 2.16. The summed E-state index contributed by atoms with van der Waals surface area (Å²) in [6.45, 7) is 0.568. The molecule has 0 heterocycles. The van der Waals surface area contributed by atoms with Crippen LogP contribution in [-0.2, 0) is 6.42 Å². The molecule has 1 unspecified atom stereocenters. The van der Waals surface area contributed by atoms with E-state index >= 15 is 0 Å². The summed E-state index contributed by atoms with van der Waals surface area (Å²) in [5.41, 5.74) is 8.34. The Hall–Kier alpha value is -2.00. The van der Waals surface area contributed by atoms with E-state index in [4.69, 9.17) is 15.2 Å². The lowest BCUT2D eigenvalue weighted by Gasteiger charge is -2.19. The average molecular weight is 271 g/mol. The van der Waals surface area contributed by atoms with Crippen molar-refractivity contribution in [3.05, 3.63) is 59.7 Å². The van der Waals surface area contributed by atoms with Crippen LogP contribution in [0.25, 0.3) is 0 Å². The van der Waals surface area contributed by atoms with Crippen molar-refractivity contribution >= 4 is 0 Å². The molecule has 3 heteroatoms. The lowest BCUT2D eigenvalue weighted by molar-refractivity contribution is 0.395. The van der Waals surface area contributed by atoms with Crippen molar-refractivity contribution in [1.82, 2.24) is 0 Å². The third-order valence-corrected chi connectivity index (χ3v) is 3.49. The van der Waals surface area contributed by atoms with Crippen LogP contribution >= 0.6 is 0 Å². The van der Waals surface area contributed by atoms with Crippen LogP contribution in [0.15, 0.2) is 48.5 Å². The molecule has 20 heavy (non-hydrogen) atoms. The molecule has 2 aromatic carbocycles. The van der Waals surface area contributed by atoms with Gasteiger partial charge in [-0.05, 0) is 36.7 Å². The fourth-order valence-electron chi connectivity index (χ4n) is 2.38. The molecule has 2 aromatic rings. The van der Waals surface area contributed by atoms with Crippen molar-refractivity contribution in [3.8, 4) is 11.5 Å². The molecule has 106 valence electrons. The van der Waals surface area contributed by atoms with Crippen molar-refractivity contribution in [3.63, 3.8) is 0 Å². The van der Waals surface area contributed by atoms with Gasteiger partial charge in [0.2, 0.25) is 0 Å². The van der Waals surface area contributed by atoms with E-state index in [1.807, 2.05) is 36.4 Å². The Balaban J connectivity index is 2.30. The summed E-state index contributed by atoms with van der Waals surface area (Å²) < 4.78 is 10.8. The molecule has 0 radical (unpaired) electrons. The van der Waals surface area contributed by atoms with E-state index in [1.54, 1.807) is 14.2 Å². The zero-order valence-corrected chi connectivity index (χ0v) is 12.0. The second-order valence-corrected chi connectivity index (χ2v) is 4.73. The first-order valence-electron chi connectivity index (χ1n) is 6.74. The fourth-order valence-corrected chi connectivity index (χ4v) is 2.38. The number of nitrogens with two attached hydrogens (primary N) is 1. The molecule has 1 atom stereocenters. The van der Waals surface area contributed by atoms with E-state index in [0.717, 1.165) is 23.5 Å². The van der Waals surface area contributed by atoms with Crippen molar-refractivity contribution < 1.29 is 9.47 Å². The molecule has 0 bridgehead atoms. The zero-order valence-electron chi connectivity index (χ0n) is 12.0. The lowest BCUT2D eigenvalue weighted by atomic mass is 9.91. The first-order chi connectivity index (χ1) is 9.78. The highest BCUT2D eigenvalue weighted by molar-refractivity contribution is 5.43. The van der Waals surface area contributed by atoms with Crippen LogP contribution in [0, 0.1) is 0 Å². The van der Waals surface area contributed by atoms with Crippen LogP contribution in [0.2, 0.25) is 0 Å². The minimum atomic E-state index is 0.211. The van der Waals surface area contributed by atoms with Gasteiger partial charge in [0.25, 0.3) is 0 Å². The van der Waals surface area contributed by atoms with Crippen LogP contribution in [-0.4, -0.2) is 20.8 Å². The number of hydrogen-bond donors (Lipinski definition) is 1. The molecule has 0 aliphatic rings. The maximum absolute atomic E-state index is 5.97. The Kier molecular flexibility index (Phi) is 5.02. The van der Waals surface area contributed by atoms with Crippen LogP contribution in [0.5, 0.6) is 11.5 Å².